The van der Waals surface area contributed by atoms with Crippen LogP contribution in [0.3, 0.4) is 0 Å². The molecule has 1 amide bonds. The first-order chi connectivity index (χ1) is 15.0. The molecule has 0 N–H and O–H groups in total. The van der Waals surface area contributed by atoms with Gasteiger partial charge in [0, 0.05) is 30.1 Å². The van der Waals surface area contributed by atoms with Crippen LogP contribution < -0.4 is 9.64 Å². The van der Waals surface area contributed by atoms with Crippen LogP contribution >= 0.6 is 23.2 Å². The predicted molar refractivity (Wildman–Crippen MR) is 125 cm³/mol. The number of amides is 1. The third-order valence-electron chi connectivity index (χ3n) is 7.45. The number of likely N-dealkylation sites (tertiary alicyclic amines) is 1. The Morgan fingerprint density at radius 3 is 2.52 bits per heavy atom. The lowest BCUT2D eigenvalue weighted by atomic mass is 9.74. The van der Waals surface area contributed by atoms with E-state index in [2.05, 4.69) is 21.9 Å². The quantitative estimate of drug-likeness (QED) is 0.590. The van der Waals surface area contributed by atoms with Crippen molar-refractivity contribution in [1.82, 2.24) is 4.90 Å². The fourth-order valence-electron chi connectivity index (χ4n) is 5.31. The molecule has 31 heavy (non-hydrogen) atoms. The molecule has 1 saturated carbocycles. The molecule has 0 aromatic heterocycles. The molecule has 2 aliphatic heterocycles. The van der Waals surface area contributed by atoms with Gasteiger partial charge in [-0.25, -0.2) is 0 Å². The lowest BCUT2D eigenvalue weighted by Crippen LogP contribution is -2.47. The molecule has 2 aromatic rings. The van der Waals surface area contributed by atoms with E-state index in [1.807, 2.05) is 24.3 Å². The van der Waals surface area contributed by atoms with Gasteiger partial charge in [-0.3, -0.25) is 9.69 Å². The second kappa shape index (κ2) is 8.31. The molecule has 164 valence electrons. The maximum Gasteiger partial charge on any atom is 0.230 e. The summed E-state index contributed by atoms with van der Waals surface area (Å²) in [7, 11) is 1.71. The van der Waals surface area contributed by atoms with Gasteiger partial charge in [0.2, 0.25) is 5.91 Å². The van der Waals surface area contributed by atoms with Gasteiger partial charge in [0.15, 0.2) is 0 Å². The molecular formula is C25H28Cl2N2O2. The van der Waals surface area contributed by atoms with Gasteiger partial charge in [-0.15, -0.1) is 0 Å². The van der Waals surface area contributed by atoms with Gasteiger partial charge in [0.25, 0.3) is 0 Å². The predicted octanol–water partition coefficient (Wildman–Crippen LogP) is 5.68. The zero-order chi connectivity index (χ0) is 21.6. The Kier molecular flexibility index (Phi) is 5.66. The van der Waals surface area contributed by atoms with Crippen molar-refractivity contribution in [3.05, 3.63) is 57.6 Å². The molecule has 0 bridgehead atoms. The molecule has 2 fully saturated rings. The molecule has 4 nitrogen and oxygen atoms in total. The van der Waals surface area contributed by atoms with Crippen LogP contribution in [0.2, 0.25) is 10.0 Å². The lowest BCUT2D eigenvalue weighted by molar-refractivity contribution is -0.124. The van der Waals surface area contributed by atoms with E-state index in [1.165, 1.54) is 17.5 Å². The summed E-state index contributed by atoms with van der Waals surface area (Å²) >= 11 is 12.3. The fourth-order valence-corrected chi connectivity index (χ4v) is 5.63. The second-order valence-electron chi connectivity index (χ2n) is 9.24. The highest BCUT2D eigenvalue weighted by atomic mass is 35.5. The van der Waals surface area contributed by atoms with Gasteiger partial charge in [0.1, 0.15) is 5.75 Å². The average molecular weight is 459 g/mol. The number of fused-ring (bicyclic) bond motifs is 2. The normalized spacial score (nSPS) is 20.5. The topological polar surface area (TPSA) is 32.8 Å². The maximum atomic E-state index is 13.2. The molecule has 6 heteroatoms. The van der Waals surface area contributed by atoms with Crippen LogP contribution in [0.5, 0.6) is 5.75 Å². The van der Waals surface area contributed by atoms with E-state index in [-0.39, 0.29) is 11.3 Å². The van der Waals surface area contributed by atoms with Crippen molar-refractivity contribution >= 4 is 34.8 Å². The molecular weight excluding hydrogens is 431 g/mol. The van der Waals surface area contributed by atoms with Gasteiger partial charge in [0.05, 0.1) is 17.2 Å². The fraction of sp³-hybridized carbons (Fsp3) is 0.480. The molecule has 5 rings (SSSR count). The van der Waals surface area contributed by atoms with E-state index in [9.17, 15) is 4.79 Å². The largest absolute Gasteiger partial charge is 0.497 e. The van der Waals surface area contributed by atoms with Crippen molar-refractivity contribution in [3.63, 3.8) is 0 Å². The van der Waals surface area contributed by atoms with Gasteiger partial charge in [-0.2, -0.15) is 0 Å². The van der Waals surface area contributed by atoms with E-state index >= 15 is 0 Å². The Labute approximate surface area is 194 Å². The number of benzene rings is 2. The number of hydrogen-bond donors (Lipinski definition) is 0. The van der Waals surface area contributed by atoms with Gasteiger partial charge >= 0.3 is 0 Å². The van der Waals surface area contributed by atoms with Gasteiger partial charge in [-0.05, 0) is 80.2 Å². The number of rotatable bonds is 4. The summed E-state index contributed by atoms with van der Waals surface area (Å²) in [4.78, 5) is 17.7. The minimum atomic E-state index is 0.0113. The Morgan fingerprint density at radius 1 is 1.10 bits per heavy atom. The molecule has 0 unspecified atom stereocenters. The number of carbonyl (C=O) groups excluding carboxylic acids is 1. The van der Waals surface area contributed by atoms with E-state index in [4.69, 9.17) is 27.9 Å². The molecule has 1 aliphatic carbocycles. The Hall–Kier alpha value is -1.75. The Morgan fingerprint density at radius 2 is 1.87 bits per heavy atom. The van der Waals surface area contributed by atoms with Crippen LogP contribution in [-0.4, -0.2) is 37.6 Å². The summed E-state index contributed by atoms with van der Waals surface area (Å²) in [6.07, 6.45) is 5.30. The number of carbonyl (C=O) groups is 1. The zero-order valence-corrected chi connectivity index (χ0v) is 19.4. The van der Waals surface area contributed by atoms with E-state index < -0.39 is 0 Å². The lowest BCUT2D eigenvalue weighted by Gasteiger charge is -2.40. The van der Waals surface area contributed by atoms with Crippen LogP contribution in [0.15, 0.2) is 36.4 Å². The van der Waals surface area contributed by atoms with Crippen molar-refractivity contribution in [3.8, 4) is 5.75 Å². The number of ether oxygens (including phenoxy) is 1. The van der Waals surface area contributed by atoms with E-state index in [0.29, 0.717) is 16.0 Å². The molecule has 0 atom stereocenters. The summed E-state index contributed by atoms with van der Waals surface area (Å²) in [6.45, 7) is 3.64. The Bertz CT molecular complexity index is 997. The zero-order valence-electron chi connectivity index (χ0n) is 17.9. The molecule has 1 spiro atoms. The van der Waals surface area contributed by atoms with Crippen LogP contribution in [0.25, 0.3) is 0 Å². The molecule has 3 aliphatic rings. The molecule has 2 aromatic carbocycles. The first-order valence-corrected chi connectivity index (χ1v) is 11.9. The summed E-state index contributed by atoms with van der Waals surface area (Å²) in [6, 6.07) is 12.1. The minimum Gasteiger partial charge on any atom is -0.497 e. The van der Waals surface area contributed by atoms with Crippen molar-refractivity contribution in [2.45, 2.75) is 44.1 Å². The Balaban J connectivity index is 1.36. The highest BCUT2D eigenvalue weighted by Gasteiger charge is 2.47. The third-order valence-corrected chi connectivity index (χ3v) is 8.19. The molecule has 2 heterocycles. The number of methoxy groups -OCH3 is 1. The van der Waals surface area contributed by atoms with Gasteiger partial charge in [-0.1, -0.05) is 35.7 Å². The van der Waals surface area contributed by atoms with Crippen LogP contribution in [0, 0.1) is 5.92 Å². The standard InChI is InChI=1S/C25H28Cl2N2O2/c1-31-19-6-8-23-20(14-19)25(16-29(23)24(30)18-3-2-4-18)9-11-28(12-10-25)15-17-5-7-21(26)22(27)13-17/h5-8,13-14,18H,2-4,9-12,15-16H2,1H3. The summed E-state index contributed by atoms with van der Waals surface area (Å²) < 4.78 is 5.53. The first kappa shape index (κ1) is 21.1. The summed E-state index contributed by atoms with van der Waals surface area (Å²) in [5, 5.41) is 1.20. The maximum absolute atomic E-state index is 13.2. The van der Waals surface area contributed by atoms with E-state index in [1.54, 1.807) is 7.11 Å². The number of halogens is 2. The average Bonchev–Trinajstić information content (AvgIpc) is 3.05. The van der Waals surface area contributed by atoms with Crippen molar-refractivity contribution in [2.75, 3.05) is 31.6 Å². The van der Waals surface area contributed by atoms with Crippen LogP contribution in [0.4, 0.5) is 5.69 Å². The number of hydrogen-bond acceptors (Lipinski definition) is 3. The highest BCUT2D eigenvalue weighted by molar-refractivity contribution is 6.42. The van der Waals surface area contributed by atoms with Crippen molar-refractivity contribution < 1.29 is 9.53 Å². The van der Waals surface area contributed by atoms with Crippen molar-refractivity contribution in [2.24, 2.45) is 5.92 Å². The second-order valence-corrected chi connectivity index (χ2v) is 10.1. The summed E-state index contributed by atoms with van der Waals surface area (Å²) in [5.74, 6) is 1.39. The highest BCUT2D eigenvalue weighted by Crippen LogP contribution is 2.49. The third kappa shape index (κ3) is 3.83. The smallest absolute Gasteiger partial charge is 0.230 e. The number of piperidine rings is 1. The van der Waals surface area contributed by atoms with Crippen LogP contribution in [0.1, 0.15) is 43.2 Å². The number of nitrogens with zero attached hydrogens (tertiary/aromatic N) is 2. The van der Waals surface area contributed by atoms with E-state index in [0.717, 1.165) is 63.3 Å². The first-order valence-electron chi connectivity index (χ1n) is 11.2. The number of anilines is 1. The minimum absolute atomic E-state index is 0.0113. The SMILES string of the molecule is COc1ccc2c(c1)C1(CCN(Cc3ccc(Cl)c(Cl)c3)CC1)CN2C(=O)C1CCC1. The summed E-state index contributed by atoms with van der Waals surface area (Å²) in [5.41, 5.74) is 3.57. The van der Waals surface area contributed by atoms with Crippen LogP contribution in [-0.2, 0) is 16.8 Å². The molecule has 0 radical (unpaired) electrons. The monoisotopic (exact) mass is 458 g/mol. The van der Waals surface area contributed by atoms with Gasteiger partial charge < -0.3 is 9.64 Å². The molecule has 1 saturated heterocycles. The van der Waals surface area contributed by atoms with Crippen molar-refractivity contribution in [1.29, 1.82) is 0 Å².